The molecule has 0 aliphatic carbocycles. The fourth-order valence-electron chi connectivity index (χ4n) is 1.95. The zero-order valence-corrected chi connectivity index (χ0v) is 11.7. The van der Waals surface area contributed by atoms with E-state index in [1.54, 1.807) is 12.1 Å². The second kappa shape index (κ2) is 6.47. The van der Waals surface area contributed by atoms with Crippen molar-refractivity contribution in [1.29, 1.82) is 0 Å². The Labute approximate surface area is 110 Å². The fourth-order valence-corrected chi connectivity index (χ4v) is 2.36. The van der Waals surface area contributed by atoms with Crippen LogP contribution in [0, 0.1) is 17.7 Å². The van der Waals surface area contributed by atoms with E-state index in [0.29, 0.717) is 18.5 Å². The van der Waals surface area contributed by atoms with Crippen LogP contribution < -0.4 is 5.73 Å². The molecule has 3 N–H and O–H groups in total. The van der Waals surface area contributed by atoms with Gasteiger partial charge in [0.05, 0.1) is 6.10 Å². The van der Waals surface area contributed by atoms with Crippen molar-refractivity contribution in [1.82, 2.24) is 0 Å². The van der Waals surface area contributed by atoms with E-state index in [0.717, 1.165) is 4.47 Å². The molecule has 4 heteroatoms. The Hall–Kier alpha value is -0.450. The molecule has 96 valence electrons. The molecular weight excluding hydrogens is 285 g/mol. The molecule has 17 heavy (non-hydrogen) atoms. The highest BCUT2D eigenvalue weighted by Crippen LogP contribution is 2.21. The average molecular weight is 304 g/mol. The van der Waals surface area contributed by atoms with Crippen molar-refractivity contribution in [2.75, 3.05) is 6.54 Å². The molecule has 0 fully saturated rings. The van der Waals surface area contributed by atoms with Crippen molar-refractivity contribution in [3.63, 3.8) is 0 Å². The van der Waals surface area contributed by atoms with Crippen LogP contribution in [0.2, 0.25) is 0 Å². The van der Waals surface area contributed by atoms with Crippen LogP contribution >= 0.6 is 15.9 Å². The quantitative estimate of drug-likeness (QED) is 0.878. The van der Waals surface area contributed by atoms with Crippen LogP contribution in [0.4, 0.5) is 4.39 Å². The standard InChI is InChI=1S/C13H19BrFNO/c1-8(2)11(7-16)13(17)6-9-5-10(14)3-4-12(9)15/h3-5,8,11,13,17H,6-7,16H2,1-2H3. The molecule has 0 heterocycles. The normalized spacial score (nSPS) is 15.0. The summed E-state index contributed by atoms with van der Waals surface area (Å²) >= 11 is 3.30. The Balaban J connectivity index is 2.79. The van der Waals surface area contributed by atoms with Gasteiger partial charge >= 0.3 is 0 Å². The highest BCUT2D eigenvalue weighted by molar-refractivity contribution is 9.10. The van der Waals surface area contributed by atoms with Crippen LogP contribution in [0.25, 0.3) is 0 Å². The van der Waals surface area contributed by atoms with Crippen LogP contribution in [-0.4, -0.2) is 17.8 Å². The van der Waals surface area contributed by atoms with Gasteiger partial charge in [0.15, 0.2) is 0 Å². The SMILES string of the molecule is CC(C)C(CN)C(O)Cc1cc(Br)ccc1F. The molecule has 0 aliphatic heterocycles. The van der Waals surface area contributed by atoms with Crippen molar-refractivity contribution < 1.29 is 9.50 Å². The van der Waals surface area contributed by atoms with Gasteiger partial charge in [0.2, 0.25) is 0 Å². The molecule has 0 saturated heterocycles. The molecule has 0 spiro atoms. The van der Waals surface area contributed by atoms with Gasteiger partial charge in [0.25, 0.3) is 0 Å². The van der Waals surface area contributed by atoms with E-state index in [9.17, 15) is 9.50 Å². The van der Waals surface area contributed by atoms with E-state index in [4.69, 9.17) is 5.73 Å². The summed E-state index contributed by atoms with van der Waals surface area (Å²) in [5.74, 6) is -0.00891. The van der Waals surface area contributed by atoms with E-state index >= 15 is 0 Å². The predicted molar refractivity (Wildman–Crippen MR) is 71.2 cm³/mol. The Bertz CT molecular complexity index is 370. The number of aliphatic hydroxyl groups is 1. The summed E-state index contributed by atoms with van der Waals surface area (Å²) in [6.45, 7) is 4.44. The zero-order valence-electron chi connectivity index (χ0n) is 10.2. The summed E-state index contributed by atoms with van der Waals surface area (Å²) in [5.41, 5.74) is 6.15. The first-order valence-electron chi connectivity index (χ1n) is 5.77. The third kappa shape index (κ3) is 4.05. The summed E-state index contributed by atoms with van der Waals surface area (Å²) in [4.78, 5) is 0. The van der Waals surface area contributed by atoms with Crippen LogP contribution in [0.5, 0.6) is 0 Å². The highest BCUT2D eigenvalue weighted by Gasteiger charge is 2.22. The summed E-state index contributed by atoms with van der Waals surface area (Å²) in [7, 11) is 0. The molecule has 0 saturated carbocycles. The van der Waals surface area contributed by atoms with Crippen LogP contribution in [-0.2, 0) is 6.42 Å². The van der Waals surface area contributed by atoms with E-state index < -0.39 is 6.10 Å². The molecule has 1 aromatic rings. The fraction of sp³-hybridized carbons (Fsp3) is 0.538. The van der Waals surface area contributed by atoms with Gasteiger partial charge in [-0.05, 0) is 42.1 Å². The van der Waals surface area contributed by atoms with Crippen LogP contribution in [0.3, 0.4) is 0 Å². The largest absolute Gasteiger partial charge is 0.392 e. The van der Waals surface area contributed by atoms with Crippen LogP contribution in [0.15, 0.2) is 22.7 Å². The molecule has 0 radical (unpaired) electrons. The third-order valence-electron chi connectivity index (χ3n) is 3.06. The summed E-state index contributed by atoms with van der Waals surface area (Å²) in [6, 6.07) is 4.75. The maximum absolute atomic E-state index is 13.5. The minimum Gasteiger partial charge on any atom is -0.392 e. The lowest BCUT2D eigenvalue weighted by atomic mass is 9.87. The van der Waals surface area contributed by atoms with Gasteiger partial charge in [-0.3, -0.25) is 0 Å². The Morgan fingerprint density at radius 3 is 2.59 bits per heavy atom. The third-order valence-corrected chi connectivity index (χ3v) is 3.55. The first kappa shape index (κ1) is 14.6. The second-order valence-electron chi connectivity index (χ2n) is 4.65. The molecular formula is C13H19BrFNO. The first-order chi connectivity index (χ1) is 7.95. The van der Waals surface area contributed by atoms with Gasteiger partial charge in [-0.2, -0.15) is 0 Å². The number of benzene rings is 1. The number of nitrogens with two attached hydrogens (primary N) is 1. The van der Waals surface area contributed by atoms with Gasteiger partial charge in [-0.25, -0.2) is 4.39 Å². The summed E-state index contributed by atoms with van der Waals surface area (Å²) < 4.78 is 14.3. The molecule has 0 amide bonds. The van der Waals surface area contributed by atoms with Gasteiger partial charge in [-0.15, -0.1) is 0 Å². The Morgan fingerprint density at radius 2 is 2.06 bits per heavy atom. The minimum absolute atomic E-state index is 0.00613. The maximum Gasteiger partial charge on any atom is 0.126 e. The molecule has 2 atom stereocenters. The first-order valence-corrected chi connectivity index (χ1v) is 6.57. The molecule has 2 unspecified atom stereocenters. The van der Waals surface area contributed by atoms with E-state index in [2.05, 4.69) is 15.9 Å². The molecule has 2 nitrogen and oxygen atoms in total. The van der Waals surface area contributed by atoms with Gasteiger partial charge < -0.3 is 10.8 Å². The van der Waals surface area contributed by atoms with Gasteiger partial charge in [0.1, 0.15) is 5.82 Å². The topological polar surface area (TPSA) is 46.2 Å². The predicted octanol–water partition coefficient (Wildman–Crippen LogP) is 2.72. The molecule has 1 rings (SSSR count). The van der Waals surface area contributed by atoms with E-state index in [1.807, 2.05) is 13.8 Å². The van der Waals surface area contributed by atoms with Crippen molar-refractivity contribution in [3.05, 3.63) is 34.1 Å². The molecule has 0 aromatic heterocycles. The van der Waals surface area contributed by atoms with Crippen molar-refractivity contribution in [3.8, 4) is 0 Å². The Morgan fingerprint density at radius 1 is 1.41 bits per heavy atom. The second-order valence-corrected chi connectivity index (χ2v) is 5.57. The maximum atomic E-state index is 13.5. The zero-order chi connectivity index (χ0) is 13.0. The highest BCUT2D eigenvalue weighted by atomic mass is 79.9. The van der Waals surface area contributed by atoms with Gasteiger partial charge in [-0.1, -0.05) is 29.8 Å². The van der Waals surface area contributed by atoms with Crippen molar-refractivity contribution in [2.45, 2.75) is 26.4 Å². The summed E-state index contributed by atoms with van der Waals surface area (Å²) in [6.07, 6.45) is -0.311. The van der Waals surface area contributed by atoms with Crippen LogP contribution in [0.1, 0.15) is 19.4 Å². The molecule has 0 aliphatic rings. The number of aliphatic hydroxyl groups excluding tert-OH is 1. The number of hydrogen-bond donors (Lipinski definition) is 2. The van der Waals surface area contributed by atoms with E-state index in [1.165, 1.54) is 6.07 Å². The average Bonchev–Trinajstić information content (AvgIpc) is 2.24. The van der Waals surface area contributed by atoms with Crippen molar-refractivity contribution in [2.24, 2.45) is 17.6 Å². The lowest BCUT2D eigenvalue weighted by Crippen LogP contribution is -2.33. The lowest BCUT2D eigenvalue weighted by molar-refractivity contribution is 0.0855. The smallest absolute Gasteiger partial charge is 0.126 e. The Kier molecular flexibility index (Phi) is 5.56. The number of halogens is 2. The molecule has 1 aromatic carbocycles. The minimum atomic E-state index is -0.608. The lowest BCUT2D eigenvalue weighted by Gasteiger charge is -2.25. The summed E-state index contributed by atoms with van der Waals surface area (Å²) in [5, 5.41) is 10.1. The monoisotopic (exact) mass is 303 g/mol. The molecule has 0 bridgehead atoms. The number of rotatable bonds is 5. The van der Waals surface area contributed by atoms with Crippen molar-refractivity contribution >= 4 is 15.9 Å². The van der Waals surface area contributed by atoms with E-state index in [-0.39, 0.29) is 17.7 Å². The number of hydrogen-bond acceptors (Lipinski definition) is 2. The van der Waals surface area contributed by atoms with Gasteiger partial charge in [0, 0.05) is 10.9 Å².